The number of hydrogen-bond acceptors (Lipinski definition) is 4. The Balaban J connectivity index is 1.86. The van der Waals surface area contributed by atoms with Crippen LogP contribution >= 0.6 is 15.9 Å². The molecule has 1 aromatic rings. The largest absolute Gasteiger partial charge is 0.462 e. The van der Waals surface area contributed by atoms with Gasteiger partial charge in [-0.2, -0.15) is 0 Å². The van der Waals surface area contributed by atoms with Crippen LogP contribution in [-0.4, -0.2) is 24.5 Å². The standard InChI is InChI=1S/C14H17BrN2O3/c1-8-11(6-9(15)7-12(8)16)14(19)20-5-4-13(18)17-10-2-3-10/h6-7,10H,2-5,16H2,1H3,(H,17,18). The Morgan fingerprint density at radius 2 is 2.15 bits per heavy atom. The Kier molecular flexibility index (Phi) is 4.65. The zero-order valence-corrected chi connectivity index (χ0v) is 12.8. The smallest absolute Gasteiger partial charge is 0.338 e. The summed E-state index contributed by atoms with van der Waals surface area (Å²) in [6, 6.07) is 3.72. The lowest BCUT2D eigenvalue weighted by Crippen LogP contribution is -2.26. The van der Waals surface area contributed by atoms with Crippen molar-refractivity contribution in [2.45, 2.75) is 32.2 Å². The highest BCUT2D eigenvalue weighted by molar-refractivity contribution is 9.10. The molecule has 0 heterocycles. The van der Waals surface area contributed by atoms with E-state index >= 15 is 0 Å². The van der Waals surface area contributed by atoms with Crippen molar-refractivity contribution in [1.82, 2.24) is 5.32 Å². The van der Waals surface area contributed by atoms with E-state index < -0.39 is 5.97 Å². The molecule has 0 atom stereocenters. The molecular weight excluding hydrogens is 324 g/mol. The summed E-state index contributed by atoms with van der Waals surface area (Å²) in [6.45, 7) is 1.83. The predicted molar refractivity (Wildman–Crippen MR) is 79.4 cm³/mol. The van der Waals surface area contributed by atoms with E-state index in [0.717, 1.165) is 17.3 Å². The number of esters is 1. The number of nitrogen functional groups attached to an aromatic ring is 1. The summed E-state index contributed by atoms with van der Waals surface area (Å²) < 4.78 is 5.84. The van der Waals surface area contributed by atoms with Crippen LogP contribution in [0.3, 0.4) is 0 Å². The first kappa shape index (κ1) is 14.8. The molecule has 0 saturated heterocycles. The summed E-state index contributed by atoms with van der Waals surface area (Å²) in [5.74, 6) is -0.541. The van der Waals surface area contributed by atoms with Crippen LogP contribution < -0.4 is 11.1 Å². The lowest BCUT2D eigenvalue weighted by atomic mass is 10.1. The summed E-state index contributed by atoms with van der Waals surface area (Å²) in [6.07, 6.45) is 2.27. The van der Waals surface area contributed by atoms with Crippen LogP contribution in [0.1, 0.15) is 35.2 Å². The van der Waals surface area contributed by atoms with Crippen LogP contribution in [-0.2, 0) is 9.53 Å². The van der Waals surface area contributed by atoms with Crippen molar-refractivity contribution in [2.24, 2.45) is 0 Å². The number of halogens is 1. The second-order valence-corrected chi connectivity index (χ2v) is 5.81. The maximum atomic E-state index is 12.0. The van der Waals surface area contributed by atoms with Gasteiger partial charge in [0, 0.05) is 16.2 Å². The number of amides is 1. The molecule has 0 aliphatic heterocycles. The lowest BCUT2D eigenvalue weighted by Gasteiger charge is -2.10. The average Bonchev–Trinajstić information content (AvgIpc) is 3.17. The van der Waals surface area contributed by atoms with Gasteiger partial charge in [-0.15, -0.1) is 0 Å². The van der Waals surface area contributed by atoms with Gasteiger partial charge in [0.1, 0.15) is 6.61 Å². The second kappa shape index (κ2) is 6.26. The molecule has 108 valence electrons. The molecule has 0 aromatic heterocycles. The van der Waals surface area contributed by atoms with Gasteiger partial charge >= 0.3 is 5.97 Å². The molecule has 20 heavy (non-hydrogen) atoms. The van der Waals surface area contributed by atoms with E-state index in [0.29, 0.717) is 22.9 Å². The maximum Gasteiger partial charge on any atom is 0.338 e. The molecule has 0 unspecified atom stereocenters. The van der Waals surface area contributed by atoms with Crippen LogP contribution in [0.25, 0.3) is 0 Å². The SMILES string of the molecule is Cc1c(N)cc(Br)cc1C(=O)OCCC(=O)NC1CC1. The number of rotatable bonds is 5. The van der Waals surface area contributed by atoms with Crippen molar-refractivity contribution in [1.29, 1.82) is 0 Å². The summed E-state index contributed by atoms with van der Waals surface area (Å²) >= 11 is 3.29. The van der Waals surface area contributed by atoms with Gasteiger partial charge in [-0.3, -0.25) is 4.79 Å². The van der Waals surface area contributed by atoms with Crippen LogP contribution in [0.2, 0.25) is 0 Å². The first-order valence-corrected chi connectivity index (χ1v) is 7.29. The molecule has 3 N–H and O–H groups in total. The molecule has 1 saturated carbocycles. The van der Waals surface area contributed by atoms with Gasteiger partial charge in [-0.25, -0.2) is 4.79 Å². The predicted octanol–water partition coefficient (Wildman–Crippen LogP) is 2.17. The second-order valence-electron chi connectivity index (χ2n) is 4.90. The quantitative estimate of drug-likeness (QED) is 0.635. The third kappa shape index (κ3) is 3.96. The molecule has 0 bridgehead atoms. The highest BCUT2D eigenvalue weighted by atomic mass is 79.9. The Morgan fingerprint density at radius 1 is 1.45 bits per heavy atom. The average molecular weight is 341 g/mol. The molecule has 2 rings (SSSR count). The molecule has 1 aliphatic rings. The van der Waals surface area contributed by atoms with Crippen molar-refractivity contribution in [2.75, 3.05) is 12.3 Å². The summed E-state index contributed by atoms with van der Waals surface area (Å²) in [5.41, 5.74) is 7.42. The molecule has 1 aliphatic carbocycles. The number of carbonyl (C=O) groups is 2. The highest BCUT2D eigenvalue weighted by Crippen LogP contribution is 2.23. The number of nitrogens with two attached hydrogens (primary N) is 1. The number of carbonyl (C=O) groups excluding carboxylic acids is 2. The topological polar surface area (TPSA) is 81.4 Å². The van der Waals surface area contributed by atoms with Crippen LogP contribution in [0, 0.1) is 6.92 Å². The zero-order chi connectivity index (χ0) is 14.7. The van der Waals surface area contributed by atoms with Crippen LogP contribution in [0.5, 0.6) is 0 Å². The zero-order valence-electron chi connectivity index (χ0n) is 11.2. The van der Waals surface area contributed by atoms with E-state index in [9.17, 15) is 9.59 Å². The molecule has 0 spiro atoms. The van der Waals surface area contributed by atoms with Gasteiger partial charge in [-0.05, 0) is 37.5 Å². The molecule has 6 heteroatoms. The van der Waals surface area contributed by atoms with E-state index in [1.807, 2.05) is 0 Å². The van der Waals surface area contributed by atoms with E-state index in [-0.39, 0.29) is 18.9 Å². The minimum Gasteiger partial charge on any atom is -0.462 e. The molecule has 0 radical (unpaired) electrons. The number of ether oxygens (including phenoxy) is 1. The molecule has 1 amide bonds. The summed E-state index contributed by atoms with van der Waals surface area (Å²) in [5, 5.41) is 2.84. The lowest BCUT2D eigenvalue weighted by molar-refractivity contribution is -0.121. The summed E-state index contributed by atoms with van der Waals surface area (Å²) in [7, 11) is 0. The van der Waals surface area contributed by atoms with Gasteiger partial charge in [0.05, 0.1) is 12.0 Å². The Labute approximate surface area is 126 Å². The van der Waals surface area contributed by atoms with Crippen molar-refractivity contribution >= 4 is 33.5 Å². The van der Waals surface area contributed by atoms with Crippen molar-refractivity contribution in [3.8, 4) is 0 Å². The minimum absolute atomic E-state index is 0.0727. The van der Waals surface area contributed by atoms with E-state index in [2.05, 4.69) is 21.2 Å². The van der Waals surface area contributed by atoms with Crippen molar-refractivity contribution < 1.29 is 14.3 Å². The van der Waals surface area contributed by atoms with Crippen molar-refractivity contribution in [3.63, 3.8) is 0 Å². The Morgan fingerprint density at radius 3 is 2.80 bits per heavy atom. The van der Waals surface area contributed by atoms with Gasteiger partial charge in [-0.1, -0.05) is 15.9 Å². The molecule has 5 nitrogen and oxygen atoms in total. The summed E-state index contributed by atoms with van der Waals surface area (Å²) in [4.78, 5) is 23.4. The van der Waals surface area contributed by atoms with E-state index in [4.69, 9.17) is 10.5 Å². The van der Waals surface area contributed by atoms with Gasteiger partial charge in [0.2, 0.25) is 5.91 Å². The molecule has 1 aromatic carbocycles. The number of hydrogen-bond donors (Lipinski definition) is 2. The van der Waals surface area contributed by atoms with Gasteiger partial charge < -0.3 is 15.8 Å². The Hall–Kier alpha value is -1.56. The maximum absolute atomic E-state index is 12.0. The normalized spacial score (nSPS) is 13.9. The molecule has 1 fully saturated rings. The minimum atomic E-state index is -0.463. The third-order valence-corrected chi connectivity index (χ3v) is 3.60. The van der Waals surface area contributed by atoms with Crippen molar-refractivity contribution in [3.05, 3.63) is 27.7 Å². The number of benzene rings is 1. The van der Waals surface area contributed by atoms with E-state index in [1.54, 1.807) is 19.1 Å². The Bertz CT molecular complexity index is 541. The van der Waals surface area contributed by atoms with Gasteiger partial charge in [0.25, 0.3) is 0 Å². The third-order valence-electron chi connectivity index (χ3n) is 3.14. The first-order valence-electron chi connectivity index (χ1n) is 6.49. The van der Waals surface area contributed by atoms with Crippen LogP contribution in [0.4, 0.5) is 5.69 Å². The first-order chi connectivity index (χ1) is 9.47. The fraction of sp³-hybridized carbons (Fsp3) is 0.429. The fourth-order valence-corrected chi connectivity index (χ4v) is 2.23. The van der Waals surface area contributed by atoms with Crippen LogP contribution in [0.15, 0.2) is 16.6 Å². The van der Waals surface area contributed by atoms with E-state index in [1.165, 1.54) is 0 Å². The van der Waals surface area contributed by atoms with Gasteiger partial charge in [0.15, 0.2) is 0 Å². The number of anilines is 1. The monoisotopic (exact) mass is 340 g/mol. The number of nitrogens with one attached hydrogen (secondary N) is 1. The highest BCUT2D eigenvalue weighted by Gasteiger charge is 2.23. The fourth-order valence-electron chi connectivity index (χ4n) is 1.75. The molecular formula is C14H17BrN2O3.